The topological polar surface area (TPSA) is 35.5 Å². The summed E-state index contributed by atoms with van der Waals surface area (Å²) in [5.41, 5.74) is 8.90. The average Bonchev–Trinajstić information content (AvgIpc) is 2.96. The lowest BCUT2D eigenvalue weighted by Gasteiger charge is -2.25. The van der Waals surface area contributed by atoms with E-state index in [1.165, 1.54) is 16.7 Å². The number of hydrogen-bond donors (Lipinski definition) is 0. The van der Waals surface area contributed by atoms with Crippen molar-refractivity contribution >= 4 is 11.5 Å². The lowest BCUT2D eigenvalue weighted by molar-refractivity contribution is -0.135. The Balaban J connectivity index is 2.01. The molecule has 0 aromatic heterocycles. The van der Waals surface area contributed by atoms with E-state index in [-0.39, 0.29) is 11.9 Å². The molecule has 25 heavy (non-hydrogen) atoms. The zero-order chi connectivity index (χ0) is 17.7. The second-order valence-corrected chi connectivity index (χ2v) is 7.07. The first-order chi connectivity index (χ1) is 12.0. The van der Waals surface area contributed by atoms with Crippen LogP contribution < -0.4 is 4.74 Å². The van der Waals surface area contributed by atoms with Gasteiger partial charge < -0.3 is 9.47 Å². The number of hydrogen-bond acceptors (Lipinski definition) is 3. The van der Waals surface area contributed by atoms with Gasteiger partial charge in [-0.3, -0.25) is 0 Å². The maximum Gasteiger partial charge on any atom is 0.335 e. The molecule has 0 spiro atoms. The Bertz CT molecular complexity index is 921. The first-order valence-corrected chi connectivity index (χ1v) is 8.66. The number of esters is 1. The summed E-state index contributed by atoms with van der Waals surface area (Å²) < 4.78 is 10.9. The van der Waals surface area contributed by atoms with Gasteiger partial charge in [0, 0.05) is 11.5 Å². The van der Waals surface area contributed by atoms with Gasteiger partial charge in [-0.15, -0.1) is 0 Å². The Hall–Kier alpha value is -2.55. The van der Waals surface area contributed by atoms with Crippen molar-refractivity contribution in [3.63, 3.8) is 0 Å². The highest BCUT2D eigenvalue weighted by atomic mass is 16.5. The second kappa shape index (κ2) is 5.76. The number of benzene rings is 2. The summed E-state index contributed by atoms with van der Waals surface area (Å²) in [6.45, 7) is 6.76. The number of ether oxygens (including phenoxy) is 2. The molecule has 4 rings (SSSR count). The summed E-state index contributed by atoms with van der Waals surface area (Å²) in [7, 11) is 1.68. The van der Waals surface area contributed by atoms with Gasteiger partial charge in [0.15, 0.2) is 0 Å². The standard InChI is InChI=1S/C22H22O3/c1-12-5-6-15(10-19(12)24-4)20-18-8-14(3)13(2)7-16(18)9-17-11-25-22(23)21(17)20/h5-8,10,17H,9,11H2,1-4H3/t17-/m1/s1. The summed E-state index contributed by atoms with van der Waals surface area (Å²) in [5, 5.41) is 0. The molecule has 3 heteroatoms. The maximum atomic E-state index is 12.5. The molecule has 2 aromatic rings. The van der Waals surface area contributed by atoms with Crippen molar-refractivity contribution in [1.29, 1.82) is 0 Å². The molecule has 1 saturated heterocycles. The third-order valence-electron chi connectivity index (χ3n) is 5.47. The highest BCUT2D eigenvalue weighted by Gasteiger charge is 2.38. The van der Waals surface area contributed by atoms with Crippen LogP contribution in [0.5, 0.6) is 5.75 Å². The third-order valence-corrected chi connectivity index (χ3v) is 5.47. The van der Waals surface area contributed by atoms with Crippen molar-refractivity contribution < 1.29 is 14.3 Å². The van der Waals surface area contributed by atoms with E-state index in [0.717, 1.165) is 40.0 Å². The number of rotatable bonds is 2. The molecular weight excluding hydrogens is 312 g/mol. The van der Waals surface area contributed by atoms with Gasteiger partial charge in [0.1, 0.15) is 5.75 Å². The zero-order valence-electron chi connectivity index (χ0n) is 15.1. The SMILES string of the molecule is COc1cc(C2=C3C(=O)OC[C@H]3Cc3cc(C)c(C)cc32)ccc1C. The number of cyclic esters (lactones) is 1. The van der Waals surface area contributed by atoms with Gasteiger partial charge >= 0.3 is 5.97 Å². The summed E-state index contributed by atoms with van der Waals surface area (Å²) in [6.07, 6.45) is 0.865. The van der Waals surface area contributed by atoms with Crippen LogP contribution >= 0.6 is 0 Å². The predicted octanol–water partition coefficient (Wildman–Crippen LogP) is 4.15. The molecule has 3 nitrogen and oxygen atoms in total. The lowest BCUT2D eigenvalue weighted by Crippen LogP contribution is -2.17. The highest BCUT2D eigenvalue weighted by molar-refractivity contribution is 6.05. The van der Waals surface area contributed by atoms with Crippen molar-refractivity contribution in [2.45, 2.75) is 27.2 Å². The minimum absolute atomic E-state index is 0.143. The molecule has 1 aliphatic heterocycles. The Morgan fingerprint density at radius 1 is 1.04 bits per heavy atom. The van der Waals surface area contributed by atoms with Gasteiger partial charge in [-0.1, -0.05) is 24.3 Å². The van der Waals surface area contributed by atoms with Crippen molar-refractivity contribution in [2.24, 2.45) is 5.92 Å². The number of aryl methyl sites for hydroxylation is 3. The van der Waals surface area contributed by atoms with Crippen molar-refractivity contribution in [1.82, 2.24) is 0 Å². The minimum Gasteiger partial charge on any atom is -0.496 e. The van der Waals surface area contributed by atoms with Crippen LogP contribution in [0.15, 0.2) is 35.9 Å². The third kappa shape index (κ3) is 2.46. The number of methoxy groups -OCH3 is 1. The monoisotopic (exact) mass is 334 g/mol. The Labute approximate surface area is 148 Å². The summed E-state index contributed by atoms with van der Waals surface area (Å²) in [4.78, 5) is 12.5. The average molecular weight is 334 g/mol. The molecule has 0 saturated carbocycles. The second-order valence-electron chi connectivity index (χ2n) is 7.07. The fraction of sp³-hybridized carbons (Fsp3) is 0.318. The fourth-order valence-electron chi connectivity index (χ4n) is 3.95. The van der Waals surface area contributed by atoms with Crippen LogP contribution in [0, 0.1) is 26.7 Å². The lowest BCUT2D eigenvalue weighted by atomic mass is 9.76. The van der Waals surface area contributed by atoms with Gasteiger partial charge in [-0.2, -0.15) is 0 Å². The predicted molar refractivity (Wildman–Crippen MR) is 97.8 cm³/mol. The molecule has 0 radical (unpaired) electrons. The summed E-state index contributed by atoms with van der Waals surface area (Å²) in [5.74, 6) is 0.803. The summed E-state index contributed by atoms with van der Waals surface area (Å²) in [6, 6.07) is 10.6. The Morgan fingerprint density at radius 2 is 1.80 bits per heavy atom. The van der Waals surface area contributed by atoms with E-state index < -0.39 is 0 Å². The van der Waals surface area contributed by atoms with Crippen LogP contribution in [-0.2, 0) is 16.0 Å². The molecule has 2 aliphatic rings. The fourth-order valence-corrected chi connectivity index (χ4v) is 3.95. The largest absolute Gasteiger partial charge is 0.496 e. The van der Waals surface area contributed by atoms with Crippen molar-refractivity contribution in [3.8, 4) is 5.75 Å². The number of carbonyl (C=O) groups excluding carboxylic acids is 1. The van der Waals surface area contributed by atoms with Crippen LogP contribution in [0.2, 0.25) is 0 Å². The molecule has 0 bridgehead atoms. The Morgan fingerprint density at radius 3 is 2.56 bits per heavy atom. The van der Waals surface area contributed by atoms with Crippen LogP contribution in [-0.4, -0.2) is 19.7 Å². The molecule has 0 amide bonds. The van der Waals surface area contributed by atoms with Gasteiger partial charge in [0.05, 0.1) is 19.3 Å². The zero-order valence-corrected chi connectivity index (χ0v) is 15.1. The van der Waals surface area contributed by atoms with E-state index in [1.807, 2.05) is 19.1 Å². The smallest absolute Gasteiger partial charge is 0.335 e. The summed E-state index contributed by atoms with van der Waals surface area (Å²) >= 11 is 0. The molecule has 1 atom stereocenters. The molecule has 0 unspecified atom stereocenters. The molecule has 1 heterocycles. The molecular formula is C22H22O3. The maximum absolute atomic E-state index is 12.5. The first kappa shape index (κ1) is 15.9. The normalized spacial score (nSPS) is 18.7. The highest BCUT2D eigenvalue weighted by Crippen LogP contribution is 2.43. The molecule has 2 aromatic carbocycles. The van der Waals surface area contributed by atoms with Gasteiger partial charge in [-0.25, -0.2) is 4.79 Å². The van der Waals surface area contributed by atoms with Gasteiger partial charge in [0.25, 0.3) is 0 Å². The minimum atomic E-state index is -0.177. The molecule has 128 valence electrons. The van der Waals surface area contributed by atoms with Crippen molar-refractivity contribution in [2.75, 3.05) is 13.7 Å². The van der Waals surface area contributed by atoms with Gasteiger partial charge in [0.2, 0.25) is 0 Å². The van der Waals surface area contributed by atoms with Crippen LogP contribution in [0.4, 0.5) is 0 Å². The van der Waals surface area contributed by atoms with Crippen molar-refractivity contribution in [3.05, 3.63) is 69.3 Å². The van der Waals surface area contributed by atoms with Crippen LogP contribution in [0.3, 0.4) is 0 Å². The molecule has 1 fully saturated rings. The van der Waals surface area contributed by atoms with E-state index >= 15 is 0 Å². The quantitative estimate of drug-likeness (QED) is 0.774. The van der Waals surface area contributed by atoms with Crippen LogP contribution in [0.1, 0.15) is 33.4 Å². The first-order valence-electron chi connectivity index (χ1n) is 8.66. The Kier molecular flexibility index (Phi) is 3.68. The van der Waals surface area contributed by atoms with Gasteiger partial charge in [-0.05, 0) is 66.6 Å². The van der Waals surface area contributed by atoms with E-state index in [9.17, 15) is 4.79 Å². The van der Waals surface area contributed by atoms with E-state index in [0.29, 0.717) is 6.61 Å². The van der Waals surface area contributed by atoms with E-state index in [1.54, 1.807) is 7.11 Å². The van der Waals surface area contributed by atoms with Crippen LogP contribution in [0.25, 0.3) is 5.57 Å². The van der Waals surface area contributed by atoms with E-state index in [4.69, 9.17) is 9.47 Å². The molecule has 1 aliphatic carbocycles. The molecule has 0 N–H and O–H groups in total. The number of carbonyl (C=O) groups is 1. The number of fused-ring (bicyclic) bond motifs is 2. The van der Waals surface area contributed by atoms with E-state index in [2.05, 4.69) is 32.0 Å².